The number of benzene rings is 1. The van der Waals surface area contributed by atoms with Gasteiger partial charge in [-0.05, 0) is 37.7 Å². The second-order valence-corrected chi connectivity index (χ2v) is 8.76. The van der Waals surface area contributed by atoms with Gasteiger partial charge in [0.2, 0.25) is 17.7 Å². The smallest absolute Gasteiger partial charge is 0.302 e. The molecule has 184 valence electrons. The molecule has 1 aliphatic heterocycles. The van der Waals surface area contributed by atoms with E-state index < -0.39 is 5.91 Å². The van der Waals surface area contributed by atoms with E-state index in [9.17, 15) is 4.79 Å². The average Bonchev–Trinajstić information content (AvgIpc) is 3.35. The summed E-state index contributed by atoms with van der Waals surface area (Å²) < 4.78 is 5.64. The summed E-state index contributed by atoms with van der Waals surface area (Å²) in [6.45, 7) is 5.24. The van der Waals surface area contributed by atoms with Crippen LogP contribution in [0, 0.1) is 6.92 Å². The summed E-state index contributed by atoms with van der Waals surface area (Å²) in [6, 6.07) is 9.15. The van der Waals surface area contributed by atoms with Crippen LogP contribution in [0.5, 0.6) is 0 Å². The Bertz CT molecular complexity index is 1350. The van der Waals surface area contributed by atoms with Crippen molar-refractivity contribution >= 4 is 41.1 Å². The lowest BCUT2D eigenvalue weighted by atomic mass is 10.2. The zero-order valence-electron chi connectivity index (χ0n) is 19.8. The quantitative estimate of drug-likeness (QED) is 0.401. The van der Waals surface area contributed by atoms with Crippen molar-refractivity contribution < 1.29 is 9.21 Å². The Balaban J connectivity index is 1.39. The molecule has 4 aromatic rings. The minimum absolute atomic E-state index is 0.0117. The molecule has 4 heterocycles. The second kappa shape index (κ2) is 10.3. The number of hydrogen-bond acceptors (Lipinski definition) is 10. The van der Waals surface area contributed by atoms with Crippen LogP contribution in [0.3, 0.4) is 0 Å². The summed E-state index contributed by atoms with van der Waals surface area (Å²) in [4.78, 5) is 39.2. The van der Waals surface area contributed by atoms with E-state index in [1.54, 1.807) is 18.5 Å². The summed E-state index contributed by atoms with van der Waals surface area (Å²) in [6.07, 6.45) is 4.71. The summed E-state index contributed by atoms with van der Waals surface area (Å²) >= 11 is 6.22. The normalized spacial score (nSPS) is 14.0. The molecule has 1 saturated heterocycles. The van der Waals surface area contributed by atoms with Crippen molar-refractivity contribution in [3.8, 4) is 11.4 Å². The third-order valence-corrected chi connectivity index (χ3v) is 6.05. The predicted molar refractivity (Wildman–Crippen MR) is 137 cm³/mol. The highest BCUT2D eigenvalue weighted by Gasteiger charge is 2.21. The third kappa shape index (κ3) is 5.26. The van der Waals surface area contributed by atoms with Gasteiger partial charge in [-0.15, -0.1) is 0 Å². The van der Waals surface area contributed by atoms with Crippen LogP contribution >= 0.6 is 11.6 Å². The number of carbonyl (C=O) groups is 1. The minimum atomic E-state index is -0.475. The van der Waals surface area contributed by atoms with Crippen LogP contribution in [0.1, 0.15) is 16.1 Å². The number of carbonyl (C=O) groups excluding carboxylic acids is 1. The molecule has 1 aromatic carbocycles. The first kappa shape index (κ1) is 23.6. The lowest BCUT2D eigenvalue weighted by Gasteiger charge is -2.32. The van der Waals surface area contributed by atoms with Crippen LogP contribution in [0.4, 0.5) is 23.6 Å². The Morgan fingerprint density at radius 1 is 1.06 bits per heavy atom. The van der Waals surface area contributed by atoms with Gasteiger partial charge in [-0.3, -0.25) is 15.1 Å². The molecule has 0 atom stereocenters. The standard InChI is InChI=1S/C24H24ClN9O2/c1-15-5-3-7-17(25)19(15)28-21(35)18-14-27-24(36-18)32-22-29-20(16-6-4-8-26-13-16)30-23(31-22)34-11-9-33(2)10-12-34/h3-8,13-14H,9-12H2,1-2H3,(H,28,35)(H,27,29,30,31,32). The first-order chi connectivity index (χ1) is 17.5. The van der Waals surface area contributed by atoms with Gasteiger partial charge in [-0.1, -0.05) is 23.7 Å². The molecule has 0 bridgehead atoms. The van der Waals surface area contributed by atoms with Crippen LogP contribution in [-0.4, -0.2) is 69.0 Å². The second-order valence-electron chi connectivity index (χ2n) is 8.36. The Hall–Kier alpha value is -4.09. The minimum Gasteiger partial charge on any atom is -0.418 e. The maximum atomic E-state index is 12.7. The van der Waals surface area contributed by atoms with Crippen LogP contribution in [-0.2, 0) is 0 Å². The number of halogens is 1. The fourth-order valence-corrected chi connectivity index (χ4v) is 3.96. The molecule has 11 nitrogen and oxygen atoms in total. The zero-order chi connectivity index (χ0) is 25.1. The first-order valence-electron chi connectivity index (χ1n) is 11.4. The lowest BCUT2D eigenvalue weighted by molar-refractivity contribution is 0.0997. The Morgan fingerprint density at radius 2 is 1.89 bits per heavy atom. The molecule has 36 heavy (non-hydrogen) atoms. The van der Waals surface area contributed by atoms with E-state index in [4.69, 9.17) is 16.0 Å². The number of nitrogens with one attached hydrogen (secondary N) is 2. The van der Waals surface area contributed by atoms with E-state index in [-0.39, 0.29) is 17.7 Å². The van der Waals surface area contributed by atoms with Gasteiger partial charge in [0.1, 0.15) is 0 Å². The number of pyridine rings is 1. The van der Waals surface area contributed by atoms with Gasteiger partial charge >= 0.3 is 6.01 Å². The van der Waals surface area contributed by atoms with E-state index >= 15 is 0 Å². The van der Waals surface area contributed by atoms with Gasteiger partial charge < -0.3 is 19.5 Å². The first-order valence-corrected chi connectivity index (χ1v) is 11.7. The van der Waals surface area contributed by atoms with E-state index in [0.717, 1.165) is 37.3 Å². The van der Waals surface area contributed by atoms with Crippen molar-refractivity contribution in [3.05, 3.63) is 65.3 Å². The molecule has 3 aromatic heterocycles. The van der Waals surface area contributed by atoms with E-state index in [0.29, 0.717) is 22.5 Å². The van der Waals surface area contributed by atoms with Gasteiger partial charge in [0.05, 0.1) is 16.9 Å². The maximum absolute atomic E-state index is 12.7. The summed E-state index contributed by atoms with van der Waals surface area (Å²) in [5.74, 6) is 0.786. The number of nitrogens with zero attached hydrogens (tertiary/aromatic N) is 7. The molecule has 0 radical (unpaired) electrons. The van der Waals surface area contributed by atoms with Crippen molar-refractivity contribution in [2.75, 3.05) is 48.8 Å². The summed E-state index contributed by atoms with van der Waals surface area (Å²) in [5, 5.41) is 6.16. The van der Waals surface area contributed by atoms with Gasteiger partial charge in [-0.25, -0.2) is 4.98 Å². The number of rotatable bonds is 6. The molecule has 0 spiro atoms. The number of aromatic nitrogens is 5. The third-order valence-electron chi connectivity index (χ3n) is 5.74. The van der Waals surface area contributed by atoms with Gasteiger partial charge in [0.15, 0.2) is 5.82 Å². The molecule has 12 heteroatoms. The molecular formula is C24H24ClN9O2. The van der Waals surface area contributed by atoms with Crippen molar-refractivity contribution in [2.24, 2.45) is 0 Å². The monoisotopic (exact) mass is 505 g/mol. The zero-order valence-corrected chi connectivity index (χ0v) is 20.5. The molecule has 1 aliphatic rings. The van der Waals surface area contributed by atoms with Crippen LogP contribution < -0.4 is 15.5 Å². The lowest BCUT2D eigenvalue weighted by Crippen LogP contribution is -2.45. The molecule has 5 rings (SSSR count). The number of aryl methyl sites for hydroxylation is 1. The van der Waals surface area contributed by atoms with Crippen LogP contribution in [0.2, 0.25) is 5.02 Å². The molecule has 0 unspecified atom stereocenters. The van der Waals surface area contributed by atoms with Crippen LogP contribution in [0.25, 0.3) is 11.4 Å². The van der Waals surface area contributed by atoms with Crippen molar-refractivity contribution in [2.45, 2.75) is 6.92 Å². The SMILES string of the molecule is Cc1cccc(Cl)c1NC(=O)c1cnc(Nc2nc(-c3cccnc3)nc(N3CCN(C)CC3)n2)o1. The molecular weight excluding hydrogens is 482 g/mol. The number of para-hydroxylation sites is 1. The summed E-state index contributed by atoms with van der Waals surface area (Å²) in [7, 11) is 2.09. The molecule has 0 aliphatic carbocycles. The largest absolute Gasteiger partial charge is 0.418 e. The molecule has 2 N–H and O–H groups in total. The highest BCUT2D eigenvalue weighted by molar-refractivity contribution is 6.34. The van der Waals surface area contributed by atoms with Gasteiger partial charge in [-0.2, -0.15) is 15.0 Å². The van der Waals surface area contributed by atoms with Gasteiger partial charge in [0.25, 0.3) is 5.91 Å². The molecule has 0 saturated carbocycles. The van der Waals surface area contributed by atoms with Gasteiger partial charge in [0, 0.05) is 44.1 Å². The van der Waals surface area contributed by atoms with E-state index in [1.807, 2.05) is 31.2 Å². The Labute approximate surface area is 212 Å². The average molecular weight is 506 g/mol. The number of oxazole rings is 1. The van der Waals surface area contributed by atoms with E-state index in [1.165, 1.54) is 6.20 Å². The maximum Gasteiger partial charge on any atom is 0.302 e. The van der Waals surface area contributed by atoms with Crippen molar-refractivity contribution in [1.29, 1.82) is 0 Å². The van der Waals surface area contributed by atoms with E-state index in [2.05, 4.69) is 52.4 Å². The van der Waals surface area contributed by atoms with Crippen molar-refractivity contribution in [3.63, 3.8) is 0 Å². The topological polar surface area (TPSA) is 125 Å². The highest BCUT2D eigenvalue weighted by Crippen LogP contribution is 2.26. The highest BCUT2D eigenvalue weighted by atomic mass is 35.5. The van der Waals surface area contributed by atoms with Crippen LogP contribution in [0.15, 0.2) is 53.3 Å². The summed E-state index contributed by atoms with van der Waals surface area (Å²) in [5.41, 5.74) is 2.10. The fourth-order valence-electron chi connectivity index (χ4n) is 3.69. The predicted octanol–water partition coefficient (Wildman–Crippen LogP) is 3.63. The molecule has 1 amide bonds. The molecule has 1 fully saturated rings. The van der Waals surface area contributed by atoms with Crippen molar-refractivity contribution in [1.82, 2.24) is 29.8 Å². The number of likely N-dealkylation sites (N-methyl/N-ethyl adjacent to an activating group) is 1. The number of anilines is 4. The number of amides is 1. The number of hydrogen-bond donors (Lipinski definition) is 2. The fraction of sp³-hybridized carbons (Fsp3) is 0.250. The Morgan fingerprint density at radius 3 is 2.64 bits per heavy atom. The number of piperazine rings is 1. The Kier molecular flexibility index (Phi) is 6.74.